The van der Waals surface area contributed by atoms with E-state index >= 15 is 0 Å². The van der Waals surface area contributed by atoms with Crippen LogP contribution in [0.1, 0.15) is 60.5 Å². The van der Waals surface area contributed by atoms with Crippen LogP contribution in [0, 0.1) is 0 Å². The first-order chi connectivity index (χ1) is 23.3. The quantitative estimate of drug-likeness (QED) is 0.0420. The van der Waals surface area contributed by atoms with Gasteiger partial charge in [-0.3, -0.25) is 0 Å². The van der Waals surface area contributed by atoms with E-state index in [9.17, 15) is 9.59 Å². The number of rotatable bonds is 17. The second-order valence-corrected chi connectivity index (χ2v) is 12.0. The van der Waals surface area contributed by atoms with Crippen LogP contribution in [0.15, 0.2) is 52.5 Å². The van der Waals surface area contributed by atoms with Crippen LogP contribution < -0.4 is 15.5 Å². The van der Waals surface area contributed by atoms with Gasteiger partial charge in [0.2, 0.25) is 0 Å². The van der Waals surface area contributed by atoms with Crippen LogP contribution >= 0.6 is 22.7 Å². The predicted octanol–water partition coefficient (Wildman–Crippen LogP) is 6.47. The third-order valence-corrected chi connectivity index (χ3v) is 8.54. The Bertz CT molecular complexity index is 1640. The van der Waals surface area contributed by atoms with Crippen molar-refractivity contribution in [3.63, 3.8) is 0 Å². The summed E-state index contributed by atoms with van der Waals surface area (Å²) >= 11 is 2.82. The zero-order valence-corrected chi connectivity index (χ0v) is 29.4. The molecular formula is C32H42N10O4S2. The van der Waals surface area contributed by atoms with Crippen molar-refractivity contribution in [3.05, 3.63) is 69.2 Å². The summed E-state index contributed by atoms with van der Waals surface area (Å²) in [5.74, 6) is 0.918. The van der Waals surface area contributed by atoms with Gasteiger partial charge in [0, 0.05) is 72.9 Å². The van der Waals surface area contributed by atoms with Gasteiger partial charge in [-0.25, -0.2) is 29.5 Å². The largest absolute Gasteiger partial charge is 0.461 e. The predicted molar refractivity (Wildman–Crippen MR) is 191 cm³/mol. The molecule has 0 aliphatic carbocycles. The fraction of sp³-hybridized carbons (Fsp3) is 0.438. The lowest BCUT2D eigenvalue weighted by molar-refractivity contribution is 0.0511. The van der Waals surface area contributed by atoms with Crippen LogP contribution in [0.5, 0.6) is 0 Å². The third-order valence-electron chi connectivity index (χ3n) is 6.76. The number of hydrogen-bond acceptors (Lipinski definition) is 14. The number of carbonyl (C=O) groups excluding carboxylic acids is 2. The molecule has 0 saturated carbocycles. The molecule has 4 rings (SSSR count). The average molecular weight is 695 g/mol. The Morgan fingerprint density at radius 3 is 1.75 bits per heavy atom. The van der Waals surface area contributed by atoms with Gasteiger partial charge in [0.05, 0.1) is 13.2 Å². The first-order valence-corrected chi connectivity index (χ1v) is 17.4. The van der Waals surface area contributed by atoms with E-state index in [-0.39, 0.29) is 5.97 Å². The number of thiazole rings is 2. The van der Waals surface area contributed by atoms with Crippen LogP contribution in [-0.2, 0) is 9.47 Å². The third kappa shape index (κ3) is 11.9. The molecule has 4 aromatic rings. The van der Waals surface area contributed by atoms with Crippen molar-refractivity contribution in [1.82, 2.24) is 19.9 Å². The van der Waals surface area contributed by atoms with E-state index in [0.29, 0.717) is 37.7 Å². The van der Waals surface area contributed by atoms with Crippen molar-refractivity contribution >= 4 is 46.2 Å². The summed E-state index contributed by atoms with van der Waals surface area (Å²) in [4.78, 5) is 47.8. The van der Waals surface area contributed by atoms with Crippen LogP contribution in [0.2, 0.25) is 0 Å². The first-order valence-electron chi connectivity index (χ1n) is 15.6. The van der Waals surface area contributed by atoms with Gasteiger partial charge in [-0.2, -0.15) is 0 Å². The molecule has 0 aromatic carbocycles. The molecule has 48 heavy (non-hydrogen) atoms. The van der Waals surface area contributed by atoms with Gasteiger partial charge >= 0.3 is 11.9 Å². The lowest BCUT2D eigenvalue weighted by atomic mass is 10.2. The number of nitrogens with two attached hydrogens (primary N) is 1. The van der Waals surface area contributed by atoms with Gasteiger partial charge in [-0.1, -0.05) is 5.11 Å². The van der Waals surface area contributed by atoms with E-state index in [2.05, 4.69) is 34.9 Å². The van der Waals surface area contributed by atoms with Gasteiger partial charge in [0.15, 0.2) is 11.4 Å². The average Bonchev–Trinajstić information content (AvgIpc) is 3.81. The number of hydrogen-bond donors (Lipinski definition) is 1. The molecule has 0 bridgehead atoms. The number of ether oxygens (including phenoxy) is 2. The minimum Gasteiger partial charge on any atom is -0.461 e. The Balaban J connectivity index is 0.000000261. The topological polar surface area (TPSA) is 185 Å². The summed E-state index contributed by atoms with van der Waals surface area (Å²) in [5, 5.41) is 8.49. The zero-order chi connectivity index (χ0) is 34.7. The molecule has 0 aliphatic rings. The Hall–Kier alpha value is -4.63. The standard InChI is InChI=1S/C16H20N6O2S.C16H22N4O2S/c1-3-24-16(23)13-11-25-15(20-13)12-6-8-18-14(10-12)22(2)9-5-4-7-19-21-17;1-3-22-16(21)13-11-23-15(19-13)12-6-8-18-14(10-12)20(2)9-5-4-7-17/h6,8,10-11H,3-5,7,9H2,1-2H3;6,8,10-11H,3-5,7,9,17H2,1-2H3. The van der Waals surface area contributed by atoms with Crippen molar-refractivity contribution in [1.29, 1.82) is 0 Å². The number of pyridine rings is 2. The normalized spacial score (nSPS) is 10.4. The van der Waals surface area contributed by atoms with Gasteiger partial charge in [-0.15, -0.1) is 22.7 Å². The van der Waals surface area contributed by atoms with Crippen molar-refractivity contribution in [2.45, 2.75) is 39.5 Å². The van der Waals surface area contributed by atoms with E-state index in [1.165, 1.54) is 22.7 Å². The monoisotopic (exact) mass is 694 g/mol. The molecule has 0 radical (unpaired) electrons. The summed E-state index contributed by atoms with van der Waals surface area (Å²) in [6.07, 6.45) is 7.26. The van der Waals surface area contributed by atoms with Crippen LogP contribution in [-0.4, -0.2) is 85.4 Å². The smallest absolute Gasteiger partial charge is 0.357 e. The van der Waals surface area contributed by atoms with Crippen LogP contribution in [0.25, 0.3) is 31.6 Å². The lowest BCUT2D eigenvalue weighted by Gasteiger charge is -2.18. The SMILES string of the molecule is CCOC(=O)c1csc(-c2ccnc(N(C)CCCCN)c2)n1.CCOC(=O)c1csc(-c2ccnc(N(C)CCCCN=[N+]=[N-])c2)n1. The van der Waals surface area contributed by atoms with Crippen molar-refractivity contribution < 1.29 is 19.1 Å². The molecule has 4 aromatic heterocycles. The summed E-state index contributed by atoms with van der Waals surface area (Å²) in [6, 6.07) is 7.69. The van der Waals surface area contributed by atoms with Crippen molar-refractivity contribution in [2.75, 3.05) is 63.3 Å². The number of esters is 2. The van der Waals surface area contributed by atoms with Gasteiger partial charge < -0.3 is 25.0 Å². The van der Waals surface area contributed by atoms with Gasteiger partial charge in [0.25, 0.3) is 0 Å². The molecule has 0 unspecified atom stereocenters. The molecule has 0 saturated heterocycles. The lowest BCUT2D eigenvalue weighted by Crippen LogP contribution is -2.20. The van der Waals surface area contributed by atoms with Crippen molar-refractivity contribution in [3.8, 4) is 21.1 Å². The highest BCUT2D eigenvalue weighted by Gasteiger charge is 2.15. The number of nitrogens with zero attached hydrogens (tertiary/aromatic N) is 9. The zero-order valence-electron chi connectivity index (χ0n) is 27.7. The second-order valence-electron chi connectivity index (χ2n) is 10.3. The highest BCUT2D eigenvalue weighted by Crippen LogP contribution is 2.27. The molecule has 14 nitrogen and oxygen atoms in total. The number of aromatic nitrogens is 4. The van der Waals surface area contributed by atoms with Crippen LogP contribution in [0.3, 0.4) is 0 Å². The molecule has 16 heteroatoms. The van der Waals surface area contributed by atoms with E-state index < -0.39 is 5.97 Å². The van der Waals surface area contributed by atoms with Crippen LogP contribution in [0.4, 0.5) is 11.6 Å². The molecule has 0 aliphatic heterocycles. The maximum Gasteiger partial charge on any atom is 0.357 e. The molecule has 0 fully saturated rings. The summed E-state index contributed by atoms with van der Waals surface area (Å²) < 4.78 is 9.93. The second kappa shape index (κ2) is 20.6. The van der Waals surface area contributed by atoms with Gasteiger partial charge in [-0.05, 0) is 75.9 Å². The number of unbranched alkanes of at least 4 members (excludes halogenated alkanes) is 2. The highest BCUT2D eigenvalue weighted by atomic mass is 32.1. The Kier molecular flexibility index (Phi) is 16.2. The molecule has 0 atom stereocenters. The first kappa shape index (κ1) is 37.8. The van der Waals surface area contributed by atoms with E-state index in [0.717, 1.165) is 71.6 Å². The number of carbonyl (C=O) groups is 2. The van der Waals surface area contributed by atoms with E-state index in [1.807, 2.05) is 43.3 Å². The maximum absolute atomic E-state index is 11.7. The Morgan fingerprint density at radius 2 is 1.31 bits per heavy atom. The molecule has 0 amide bonds. The molecule has 0 spiro atoms. The molecule has 256 valence electrons. The number of anilines is 2. The summed E-state index contributed by atoms with van der Waals surface area (Å²) in [5.41, 5.74) is 16.3. The van der Waals surface area contributed by atoms with E-state index in [4.69, 9.17) is 20.7 Å². The maximum atomic E-state index is 11.7. The minimum absolute atomic E-state index is 0.326. The highest BCUT2D eigenvalue weighted by molar-refractivity contribution is 7.13. The minimum atomic E-state index is -0.406. The van der Waals surface area contributed by atoms with Crippen molar-refractivity contribution in [2.24, 2.45) is 10.8 Å². The number of azide groups is 1. The fourth-order valence-corrected chi connectivity index (χ4v) is 5.80. The van der Waals surface area contributed by atoms with E-state index in [1.54, 1.807) is 37.0 Å². The summed E-state index contributed by atoms with van der Waals surface area (Å²) in [7, 11) is 3.97. The molecular weight excluding hydrogens is 653 g/mol. The Labute approximate surface area is 288 Å². The Morgan fingerprint density at radius 1 is 0.833 bits per heavy atom. The molecule has 4 heterocycles. The fourth-order valence-electron chi connectivity index (χ4n) is 4.23. The summed E-state index contributed by atoms with van der Waals surface area (Å²) in [6.45, 7) is 7.14. The van der Waals surface area contributed by atoms with Gasteiger partial charge in [0.1, 0.15) is 21.7 Å². The molecule has 2 N–H and O–H groups in total.